The Balaban J connectivity index is 0.00000169. The number of ketones is 1. The largest absolute Gasteiger partial charge is 0.676 e. The number of aromatic nitrogens is 1. The third-order valence-electron chi connectivity index (χ3n) is 1.63. The van der Waals surface area contributed by atoms with Crippen LogP contribution in [0.3, 0.4) is 0 Å². The van der Waals surface area contributed by atoms with Crippen molar-refractivity contribution in [3.63, 3.8) is 0 Å². The van der Waals surface area contributed by atoms with Crippen molar-refractivity contribution in [3.05, 3.63) is 28.8 Å². The molecule has 0 aromatic carbocycles. The molecule has 1 radical (unpaired) electrons. The molecule has 0 saturated heterocycles. The number of hydrogen-bond acceptors (Lipinski definition) is 3. The van der Waals surface area contributed by atoms with E-state index in [9.17, 15) is 9.90 Å². The minimum Gasteiger partial charge on any atom is -0.676 e. The van der Waals surface area contributed by atoms with E-state index in [0.29, 0.717) is 11.3 Å². The maximum atomic E-state index is 11.0. The summed E-state index contributed by atoms with van der Waals surface area (Å²) in [6.45, 7) is 2.90. The van der Waals surface area contributed by atoms with Crippen molar-refractivity contribution in [2.45, 2.75) is 20.4 Å². The van der Waals surface area contributed by atoms with Crippen molar-refractivity contribution in [2.24, 2.45) is 0 Å². The number of aromatic hydroxyl groups is 1. The number of aryl methyl sites for hydroxylation is 1. The second-order valence-corrected chi connectivity index (χ2v) is 2.73. The Morgan fingerprint density at radius 3 is 2.64 bits per heavy atom. The zero-order chi connectivity index (χ0) is 10.0. The fraction of sp³-hybridized carbons (Fsp3) is 0.333. The maximum Gasteiger partial charge on any atom is 0.163 e. The quantitative estimate of drug-likeness (QED) is 0.654. The van der Waals surface area contributed by atoms with Gasteiger partial charge in [-0.15, -0.1) is 0 Å². The van der Waals surface area contributed by atoms with Crippen LogP contribution in [-0.2, 0) is 39.3 Å². The summed E-state index contributed by atoms with van der Waals surface area (Å²) in [5.74, 6) is -0.516. The van der Waals surface area contributed by atoms with Crippen LogP contribution in [-0.4, -0.2) is 15.9 Å². The van der Waals surface area contributed by atoms with E-state index in [2.05, 4.69) is 11.1 Å². The second kappa shape index (κ2) is 5.54. The van der Waals surface area contributed by atoms with E-state index in [4.69, 9.17) is 5.73 Å². The third kappa shape index (κ3) is 2.84. The number of rotatable bonds is 2. The van der Waals surface area contributed by atoms with E-state index in [1.807, 2.05) is 0 Å². The number of hydrogen-bond donors (Lipinski definition) is 1. The molecular weight excluding hydrogens is 257 g/mol. The first-order chi connectivity index (χ1) is 6.06. The molecule has 14 heavy (non-hydrogen) atoms. The SMILES string of the molecule is CC(=O)c1nc(C)[c-]c(C[NH-])c1O.[Y]. The topological polar surface area (TPSA) is 74.0 Å². The average Bonchev–Trinajstić information content (AvgIpc) is 2.08. The molecule has 1 heterocycles. The van der Waals surface area contributed by atoms with Crippen molar-refractivity contribution < 1.29 is 42.6 Å². The summed E-state index contributed by atoms with van der Waals surface area (Å²) < 4.78 is 0. The van der Waals surface area contributed by atoms with E-state index >= 15 is 0 Å². The van der Waals surface area contributed by atoms with E-state index < -0.39 is 0 Å². The van der Waals surface area contributed by atoms with Gasteiger partial charge in [0.2, 0.25) is 0 Å². The number of carbonyl (C=O) groups is 1. The summed E-state index contributed by atoms with van der Waals surface area (Å²) in [7, 11) is 0. The summed E-state index contributed by atoms with van der Waals surface area (Å²) in [5.41, 5.74) is 7.95. The molecule has 0 aliphatic rings. The Hall–Kier alpha value is -0.316. The van der Waals surface area contributed by atoms with Crippen molar-refractivity contribution in [1.29, 1.82) is 0 Å². The van der Waals surface area contributed by atoms with E-state index in [0.717, 1.165) is 0 Å². The van der Waals surface area contributed by atoms with Gasteiger partial charge in [0.15, 0.2) is 5.78 Å². The zero-order valence-corrected chi connectivity index (χ0v) is 10.9. The van der Waals surface area contributed by atoms with Gasteiger partial charge in [0.05, 0.1) is 5.69 Å². The number of pyridine rings is 1. The number of carbonyl (C=O) groups excluding carboxylic acids is 1. The van der Waals surface area contributed by atoms with Gasteiger partial charge in [-0.05, 0) is 19.6 Å². The van der Waals surface area contributed by atoms with Gasteiger partial charge in [-0.3, -0.25) is 9.78 Å². The van der Waals surface area contributed by atoms with Crippen molar-refractivity contribution >= 4 is 5.78 Å². The Kier molecular flexibility index (Phi) is 5.41. The molecule has 1 aromatic heterocycles. The van der Waals surface area contributed by atoms with Crippen LogP contribution in [0.25, 0.3) is 5.73 Å². The maximum absolute atomic E-state index is 11.0. The molecule has 4 nitrogen and oxygen atoms in total. The van der Waals surface area contributed by atoms with Gasteiger partial charge in [0.1, 0.15) is 0 Å². The summed E-state index contributed by atoms with van der Waals surface area (Å²) in [4.78, 5) is 14.8. The molecular formula is C9H10N2O2Y-2. The molecule has 0 bridgehead atoms. The number of nitrogens with one attached hydrogen (secondary N) is 1. The normalized spacial score (nSPS) is 9.36. The fourth-order valence-corrected chi connectivity index (χ4v) is 1.04. The molecule has 0 spiro atoms. The summed E-state index contributed by atoms with van der Waals surface area (Å²) in [6, 6.07) is 2.72. The fourth-order valence-electron chi connectivity index (χ4n) is 1.04. The molecule has 0 atom stereocenters. The van der Waals surface area contributed by atoms with Crippen LogP contribution in [0.5, 0.6) is 5.75 Å². The van der Waals surface area contributed by atoms with Crippen LogP contribution in [0.1, 0.15) is 28.7 Å². The molecule has 2 N–H and O–H groups in total. The van der Waals surface area contributed by atoms with Gasteiger partial charge in [-0.1, -0.05) is 5.69 Å². The second-order valence-electron chi connectivity index (χ2n) is 2.73. The summed E-state index contributed by atoms with van der Waals surface area (Å²) in [5, 5.41) is 9.45. The Bertz CT molecular complexity index is 353. The van der Waals surface area contributed by atoms with Crippen molar-refractivity contribution in [1.82, 2.24) is 4.98 Å². The first-order valence-corrected chi connectivity index (χ1v) is 3.83. The molecule has 1 aromatic rings. The molecule has 0 fully saturated rings. The van der Waals surface area contributed by atoms with E-state index in [1.54, 1.807) is 6.92 Å². The standard InChI is InChI=1S/C9H10N2O2.Y/c1-5-3-7(4-10)9(13)8(11-5)6(2)12;/h10,13H,4H2,1-2H3;/q-2;. The molecule has 0 saturated carbocycles. The molecule has 73 valence electrons. The summed E-state index contributed by atoms with van der Waals surface area (Å²) in [6.07, 6.45) is 0. The first-order valence-electron chi connectivity index (χ1n) is 3.83. The third-order valence-corrected chi connectivity index (χ3v) is 1.63. The van der Waals surface area contributed by atoms with Gasteiger partial charge >= 0.3 is 0 Å². The predicted molar refractivity (Wildman–Crippen MR) is 47.5 cm³/mol. The van der Waals surface area contributed by atoms with Crippen molar-refractivity contribution in [3.8, 4) is 5.75 Å². The van der Waals surface area contributed by atoms with Crippen LogP contribution < -0.4 is 0 Å². The average molecular weight is 267 g/mol. The molecule has 0 amide bonds. The van der Waals surface area contributed by atoms with Crippen LogP contribution >= 0.6 is 0 Å². The minimum atomic E-state index is -0.302. The Morgan fingerprint density at radius 1 is 1.64 bits per heavy atom. The van der Waals surface area contributed by atoms with Crippen LogP contribution in [0.15, 0.2) is 0 Å². The van der Waals surface area contributed by atoms with Crippen LogP contribution in [0.2, 0.25) is 0 Å². The molecule has 0 aliphatic heterocycles. The molecule has 0 unspecified atom stereocenters. The Morgan fingerprint density at radius 2 is 2.21 bits per heavy atom. The van der Waals surface area contributed by atoms with E-state index in [-0.39, 0.29) is 56.5 Å². The van der Waals surface area contributed by atoms with Crippen molar-refractivity contribution in [2.75, 3.05) is 0 Å². The number of Topliss-reactive ketones (excluding diaryl/α,β-unsaturated/α-hetero) is 1. The monoisotopic (exact) mass is 267 g/mol. The zero-order valence-electron chi connectivity index (χ0n) is 8.09. The summed E-state index contributed by atoms with van der Waals surface area (Å²) >= 11 is 0. The molecule has 5 heteroatoms. The predicted octanol–water partition coefficient (Wildman–Crippen LogP) is 1.65. The molecule has 0 aliphatic carbocycles. The minimum absolute atomic E-state index is 0. The molecule has 1 rings (SSSR count). The first kappa shape index (κ1) is 13.7. The van der Waals surface area contributed by atoms with E-state index in [1.165, 1.54) is 6.92 Å². The van der Waals surface area contributed by atoms with Gasteiger partial charge in [0.25, 0.3) is 0 Å². The smallest absolute Gasteiger partial charge is 0.163 e. The van der Waals surface area contributed by atoms with Gasteiger partial charge in [-0.25, -0.2) is 6.07 Å². The van der Waals surface area contributed by atoms with Gasteiger partial charge in [0, 0.05) is 32.7 Å². The van der Waals surface area contributed by atoms with Gasteiger partial charge < -0.3 is 10.8 Å². The van der Waals surface area contributed by atoms with Crippen LogP contribution in [0.4, 0.5) is 0 Å². The van der Waals surface area contributed by atoms with Crippen LogP contribution in [0, 0.1) is 13.0 Å². The Labute approximate surface area is 108 Å². The van der Waals surface area contributed by atoms with Gasteiger partial charge in [-0.2, -0.15) is 12.1 Å². The number of nitrogens with zero attached hydrogens (tertiary/aromatic N) is 1.